The Labute approximate surface area is 213 Å². The predicted molar refractivity (Wildman–Crippen MR) is 134 cm³/mol. The van der Waals surface area contributed by atoms with E-state index in [1.165, 1.54) is 6.07 Å². The van der Waals surface area contributed by atoms with Crippen molar-refractivity contribution in [3.05, 3.63) is 45.8 Å². The number of aromatic nitrogens is 1. The van der Waals surface area contributed by atoms with Crippen LogP contribution in [0.3, 0.4) is 0 Å². The fourth-order valence-corrected chi connectivity index (χ4v) is 4.99. The Morgan fingerprint density at radius 2 is 2.03 bits per heavy atom. The zero-order chi connectivity index (χ0) is 25.2. The van der Waals surface area contributed by atoms with Crippen LogP contribution < -0.4 is 20.3 Å². The van der Waals surface area contributed by atoms with Gasteiger partial charge in [0.1, 0.15) is 24.0 Å². The number of nitrogens with zero attached hydrogens (tertiary/aromatic N) is 3. The summed E-state index contributed by atoms with van der Waals surface area (Å²) in [7, 11) is 3.66. The normalized spacial score (nSPS) is 17.1. The average Bonchev–Trinajstić information content (AvgIpc) is 2.79. The summed E-state index contributed by atoms with van der Waals surface area (Å²) in [6, 6.07) is 4.52. The summed E-state index contributed by atoms with van der Waals surface area (Å²) in [4.78, 5) is 32.7. The molecule has 0 unspecified atom stereocenters. The van der Waals surface area contributed by atoms with Crippen molar-refractivity contribution in [2.75, 3.05) is 50.6 Å². The van der Waals surface area contributed by atoms with Crippen molar-refractivity contribution >= 4 is 46.5 Å². The average molecular weight is 524 g/mol. The molecular weight excluding hydrogens is 496 g/mol. The van der Waals surface area contributed by atoms with Crippen LogP contribution in [0, 0.1) is 5.82 Å². The number of ether oxygens (including phenoxy) is 1. The first-order valence-electron chi connectivity index (χ1n) is 11.4. The van der Waals surface area contributed by atoms with Crippen molar-refractivity contribution in [1.82, 2.24) is 15.2 Å². The zero-order valence-corrected chi connectivity index (χ0v) is 21.2. The lowest BCUT2D eigenvalue weighted by molar-refractivity contribution is -0.124. The van der Waals surface area contributed by atoms with Gasteiger partial charge in [-0.15, -0.1) is 0 Å². The number of carbonyl (C=O) groups excluding carboxylic acids is 2. The second-order valence-electron chi connectivity index (χ2n) is 9.25. The molecule has 11 heteroatoms. The van der Waals surface area contributed by atoms with Crippen LogP contribution in [0.1, 0.15) is 24.8 Å². The van der Waals surface area contributed by atoms with E-state index < -0.39 is 11.4 Å². The molecule has 1 saturated heterocycles. The maximum absolute atomic E-state index is 14.3. The number of fused-ring (bicyclic) bond motifs is 1. The lowest BCUT2D eigenvalue weighted by atomic mass is 9.87. The number of likely N-dealkylation sites (N-methyl/N-ethyl adjacent to an activating group) is 1. The number of nitrogens with one attached hydrogen (secondary N) is 2. The molecule has 2 aliphatic heterocycles. The summed E-state index contributed by atoms with van der Waals surface area (Å²) in [5.41, 5.74) is 0.165. The van der Waals surface area contributed by atoms with Gasteiger partial charge in [0, 0.05) is 31.3 Å². The van der Waals surface area contributed by atoms with Gasteiger partial charge in [-0.05, 0) is 51.6 Å². The summed E-state index contributed by atoms with van der Waals surface area (Å²) >= 11 is 12.3. The zero-order valence-electron chi connectivity index (χ0n) is 19.7. The molecule has 0 aliphatic carbocycles. The van der Waals surface area contributed by atoms with Crippen LogP contribution >= 0.6 is 23.2 Å². The van der Waals surface area contributed by atoms with Gasteiger partial charge in [-0.2, -0.15) is 0 Å². The van der Waals surface area contributed by atoms with E-state index in [9.17, 15) is 14.0 Å². The van der Waals surface area contributed by atoms with Crippen LogP contribution in [0.25, 0.3) is 0 Å². The molecule has 0 radical (unpaired) electrons. The van der Waals surface area contributed by atoms with Crippen LogP contribution in [0.15, 0.2) is 24.4 Å². The van der Waals surface area contributed by atoms with Crippen molar-refractivity contribution in [2.24, 2.45) is 0 Å². The highest BCUT2D eigenvalue weighted by molar-refractivity contribution is 6.36. The minimum absolute atomic E-state index is 0.108. The molecule has 0 saturated carbocycles. The van der Waals surface area contributed by atoms with Crippen molar-refractivity contribution in [3.63, 3.8) is 0 Å². The molecule has 8 nitrogen and oxygen atoms in total. The molecule has 2 aromatic rings. The van der Waals surface area contributed by atoms with E-state index in [1.807, 2.05) is 14.1 Å². The van der Waals surface area contributed by atoms with Gasteiger partial charge in [0.25, 0.3) is 0 Å². The van der Waals surface area contributed by atoms with Gasteiger partial charge in [0.05, 0.1) is 27.8 Å². The molecule has 1 aromatic heterocycles. The minimum atomic E-state index is -0.637. The highest BCUT2D eigenvalue weighted by atomic mass is 35.5. The molecule has 4 rings (SSSR count). The Bertz CT molecular complexity index is 1120. The van der Waals surface area contributed by atoms with Crippen LogP contribution in [0.4, 0.5) is 15.9 Å². The molecule has 2 aliphatic rings. The lowest BCUT2D eigenvalue weighted by Gasteiger charge is -2.43. The maximum atomic E-state index is 14.3. The Morgan fingerprint density at radius 1 is 1.29 bits per heavy atom. The van der Waals surface area contributed by atoms with Gasteiger partial charge >= 0.3 is 0 Å². The van der Waals surface area contributed by atoms with E-state index in [0.717, 1.165) is 0 Å². The van der Waals surface area contributed by atoms with Gasteiger partial charge in [-0.25, -0.2) is 9.37 Å². The lowest BCUT2D eigenvalue weighted by Crippen LogP contribution is -2.60. The molecule has 188 valence electrons. The topological polar surface area (TPSA) is 86.8 Å². The Hall–Kier alpha value is -2.62. The van der Waals surface area contributed by atoms with E-state index >= 15 is 0 Å². The summed E-state index contributed by atoms with van der Waals surface area (Å²) in [5, 5.41) is 6.71. The number of rotatable bonds is 7. The van der Waals surface area contributed by atoms with E-state index in [1.54, 1.807) is 23.2 Å². The first-order valence-corrected chi connectivity index (χ1v) is 12.2. The molecule has 1 aromatic carbocycles. The third kappa shape index (κ3) is 5.97. The monoisotopic (exact) mass is 523 g/mol. The largest absolute Gasteiger partial charge is 0.491 e. The molecular formula is C24H28Cl2FN5O3. The van der Waals surface area contributed by atoms with Crippen LogP contribution in [-0.2, 0) is 16.0 Å². The third-order valence-electron chi connectivity index (χ3n) is 6.26. The minimum Gasteiger partial charge on any atom is -0.491 e. The number of piperidine rings is 1. The molecule has 35 heavy (non-hydrogen) atoms. The molecule has 0 bridgehead atoms. The Kier molecular flexibility index (Phi) is 7.68. The number of hydrogen-bond acceptors (Lipinski definition) is 6. The van der Waals surface area contributed by atoms with Crippen LogP contribution in [-0.4, -0.2) is 67.6 Å². The fourth-order valence-electron chi connectivity index (χ4n) is 4.49. The SMILES string of the molecule is CN(C)CC(=O)NC1(COc2ccc(F)c3c2CCC(=O)N3)CCN(c2ncc(Cl)cc2Cl)CC1. The number of anilines is 2. The number of pyridine rings is 1. The Morgan fingerprint density at radius 3 is 2.71 bits per heavy atom. The fraction of sp³-hybridized carbons (Fsp3) is 0.458. The first kappa shape index (κ1) is 25.5. The highest BCUT2D eigenvalue weighted by Crippen LogP contribution is 2.36. The number of benzene rings is 1. The van der Waals surface area contributed by atoms with Gasteiger partial charge in [-0.3, -0.25) is 9.59 Å². The van der Waals surface area contributed by atoms with Gasteiger partial charge < -0.3 is 25.2 Å². The molecule has 3 heterocycles. The number of hydrogen-bond donors (Lipinski definition) is 2. The highest BCUT2D eigenvalue weighted by Gasteiger charge is 2.38. The van der Waals surface area contributed by atoms with Crippen molar-refractivity contribution in [1.29, 1.82) is 0 Å². The maximum Gasteiger partial charge on any atom is 0.234 e. The smallest absolute Gasteiger partial charge is 0.234 e. The third-order valence-corrected chi connectivity index (χ3v) is 6.75. The molecule has 0 spiro atoms. The molecule has 0 atom stereocenters. The van der Waals surface area contributed by atoms with Crippen LogP contribution in [0.5, 0.6) is 5.75 Å². The first-order chi connectivity index (χ1) is 16.7. The molecule has 2 amide bonds. The van der Waals surface area contributed by atoms with Crippen LogP contribution in [0.2, 0.25) is 10.0 Å². The summed E-state index contributed by atoms with van der Waals surface area (Å²) in [6.45, 7) is 1.64. The summed E-state index contributed by atoms with van der Waals surface area (Å²) < 4.78 is 20.5. The summed E-state index contributed by atoms with van der Waals surface area (Å²) in [5.74, 6) is 0.335. The molecule has 2 N–H and O–H groups in total. The molecule has 1 fully saturated rings. The van der Waals surface area contributed by atoms with E-state index in [-0.39, 0.29) is 37.1 Å². The van der Waals surface area contributed by atoms with Gasteiger partial charge in [0.2, 0.25) is 11.8 Å². The predicted octanol–water partition coefficient (Wildman–Crippen LogP) is 3.51. The van der Waals surface area contributed by atoms with E-state index in [2.05, 4.69) is 20.5 Å². The van der Waals surface area contributed by atoms with Crippen molar-refractivity contribution in [2.45, 2.75) is 31.2 Å². The second kappa shape index (κ2) is 10.6. The number of halogens is 3. The second-order valence-corrected chi connectivity index (χ2v) is 10.1. The summed E-state index contributed by atoms with van der Waals surface area (Å²) in [6.07, 6.45) is 3.40. The van der Waals surface area contributed by atoms with E-state index in [0.29, 0.717) is 59.5 Å². The number of carbonyl (C=O) groups is 2. The van der Waals surface area contributed by atoms with Gasteiger partial charge in [-0.1, -0.05) is 23.2 Å². The number of amides is 2. The van der Waals surface area contributed by atoms with Crippen molar-refractivity contribution < 1.29 is 18.7 Å². The quantitative estimate of drug-likeness (QED) is 0.577. The van der Waals surface area contributed by atoms with Crippen molar-refractivity contribution in [3.8, 4) is 5.75 Å². The van der Waals surface area contributed by atoms with E-state index in [4.69, 9.17) is 27.9 Å². The standard InChI is InChI=1S/C24H28Cl2FN5O3/c1-31(2)13-21(34)30-24(7-9-32(10-8-24)23-17(26)11-15(25)12-28-23)14-35-19-5-4-18(27)22-16(19)3-6-20(33)29-22/h4-5,11-12H,3,6-10,13-14H2,1-2H3,(H,29,33)(H,30,34). The Balaban J connectivity index is 1.52. The van der Waals surface area contributed by atoms with Gasteiger partial charge in [0.15, 0.2) is 0 Å².